The van der Waals surface area contributed by atoms with Crippen molar-refractivity contribution < 1.29 is 14.4 Å². The highest BCUT2D eigenvalue weighted by Crippen LogP contribution is 2.27. The van der Waals surface area contributed by atoms with Crippen LogP contribution in [0.1, 0.15) is 41.0 Å². The topological polar surface area (TPSA) is 95.2 Å². The van der Waals surface area contributed by atoms with E-state index in [0.29, 0.717) is 17.5 Å². The highest BCUT2D eigenvalue weighted by atomic mass is 16.2. The van der Waals surface area contributed by atoms with Gasteiger partial charge in [0.25, 0.3) is 11.8 Å². The summed E-state index contributed by atoms with van der Waals surface area (Å²) in [6, 6.07) is 13.1. The van der Waals surface area contributed by atoms with Gasteiger partial charge in [-0.15, -0.1) is 0 Å². The number of rotatable bonds is 5. The fourth-order valence-corrected chi connectivity index (χ4v) is 3.48. The van der Waals surface area contributed by atoms with E-state index in [2.05, 4.69) is 15.3 Å². The normalized spacial score (nSPS) is 14.6. The summed E-state index contributed by atoms with van der Waals surface area (Å²) in [5, 5.41) is 2.73. The molecule has 2 N–H and O–H groups in total. The van der Waals surface area contributed by atoms with E-state index in [1.807, 2.05) is 38.1 Å². The SMILES string of the molecule is CC(C)CC(C(=O)Nc1nc2ccccc2[nH]1)N1C(=O)c2ccccc2C1=O. The van der Waals surface area contributed by atoms with Gasteiger partial charge in [0.15, 0.2) is 0 Å². The fraction of sp³-hybridized carbons (Fsp3) is 0.238. The maximum absolute atomic E-state index is 13.0. The highest BCUT2D eigenvalue weighted by Gasteiger charge is 2.42. The summed E-state index contributed by atoms with van der Waals surface area (Å²) in [4.78, 5) is 47.1. The molecule has 0 fully saturated rings. The Hall–Kier alpha value is -3.48. The van der Waals surface area contributed by atoms with Gasteiger partial charge in [-0.25, -0.2) is 4.98 Å². The highest BCUT2D eigenvalue weighted by molar-refractivity contribution is 6.23. The molecule has 2 aromatic carbocycles. The summed E-state index contributed by atoms with van der Waals surface area (Å²) in [7, 11) is 0. The predicted octanol–water partition coefficient (Wildman–Crippen LogP) is 3.21. The molecule has 0 saturated carbocycles. The fourth-order valence-electron chi connectivity index (χ4n) is 3.48. The molecule has 28 heavy (non-hydrogen) atoms. The van der Waals surface area contributed by atoms with Gasteiger partial charge in [0.2, 0.25) is 11.9 Å². The summed E-state index contributed by atoms with van der Waals surface area (Å²) in [5.74, 6) is -0.924. The van der Waals surface area contributed by atoms with Crippen molar-refractivity contribution in [2.24, 2.45) is 5.92 Å². The molecule has 0 spiro atoms. The van der Waals surface area contributed by atoms with Crippen molar-refractivity contribution in [2.45, 2.75) is 26.3 Å². The Morgan fingerprint density at radius 3 is 2.25 bits per heavy atom. The molecule has 1 atom stereocenters. The number of nitrogens with one attached hydrogen (secondary N) is 2. The van der Waals surface area contributed by atoms with Crippen LogP contribution in [0.15, 0.2) is 48.5 Å². The second-order valence-electron chi connectivity index (χ2n) is 7.26. The molecule has 1 aliphatic rings. The first kappa shape index (κ1) is 17.9. The number of amides is 3. The van der Waals surface area contributed by atoms with Gasteiger partial charge >= 0.3 is 0 Å². The molecule has 0 radical (unpaired) electrons. The molecular formula is C21H20N4O3. The second-order valence-corrected chi connectivity index (χ2v) is 7.26. The number of aromatic nitrogens is 2. The number of H-pyrrole nitrogens is 1. The van der Waals surface area contributed by atoms with E-state index >= 15 is 0 Å². The van der Waals surface area contributed by atoms with Crippen molar-refractivity contribution in [3.8, 4) is 0 Å². The molecule has 4 rings (SSSR count). The molecular weight excluding hydrogens is 356 g/mol. The van der Waals surface area contributed by atoms with Gasteiger partial charge in [0, 0.05) is 0 Å². The summed E-state index contributed by atoms with van der Waals surface area (Å²) in [6.45, 7) is 3.89. The molecule has 0 bridgehead atoms. The number of carbonyl (C=O) groups is 3. The smallest absolute Gasteiger partial charge is 0.262 e. The molecule has 142 valence electrons. The zero-order valence-corrected chi connectivity index (χ0v) is 15.6. The van der Waals surface area contributed by atoms with Gasteiger partial charge < -0.3 is 4.98 Å². The molecule has 2 heterocycles. The Bertz CT molecular complexity index is 1020. The molecule has 3 amide bonds. The Morgan fingerprint density at radius 1 is 1.04 bits per heavy atom. The van der Waals surface area contributed by atoms with Crippen LogP contribution in [-0.4, -0.2) is 38.6 Å². The van der Waals surface area contributed by atoms with Crippen molar-refractivity contribution in [2.75, 3.05) is 5.32 Å². The van der Waals surface area contributed by atoms with Crippen molar-refractivity contribution in [3.63, 3.8) is 0 Å². The van der Waals surface area contributed by atoms with Gasteiger partial charge in [-0.3, -0.25) is 24.6 Å². The number of aromatic amines is 1. The molecule has 7 nitrogen and oxygen atoms in total. The first-order valence-corrected chi connectivity index (χ1v) is 9.18. The van der Waals surface area contributed by atoms with Gasteiger partial charge in [-0.1, -0.05) is 38.1 Å². The van der Waals surface area contributed by atoms with E-state index in [0.717, 1.165) is 15.9 Å². The maximum Gasteiger partial charge on any atom is 0.262 e. The van der Waals surface area contributed by atoms with E-state index in [1.54, 1.807) is 24.3 Å². The molecule has 1 unspecified atom stereocenters. The standard InChI is InChI=1S/C21H20N4O3/c1-12(2)11-17(25-19(27)13-7-3-4-8-14(13)20(25)28)18(26)24-21-22-15-9-5-6-10-16(15)23-21/h3-10,12,17H,11H2,1-2H3,(H2,22,23,24,26). The van der Waals surface area contributed by atoms with Crippen molar-refractivity contribution in [3.05, 3.63) is 59.7 Å². The second kappa shape index (κ2) is 6.92. The largest absolute Gasteiger partial charge is 0.324 e. The number of imidazole rings is 1. The quantitative estimate of drug-likeness (QED) is 0.669. The van der Waals surface area contributed by atoms with E-state index in [9.17, 15) is 14.4 Å². The van der Waals surface area contributed by atoms with Crippen molar-refractivity contribution in [1.29, 1.82) is 0 Å². The third-order valence-corrected chi connectivity index (χ3v) is 4.77. The van der Waals surface area contributed by atoms with Crippen LogP contribution in [0, 0.1) is 5.92 Å². The lowest BCUT2D eigenvalue weighted by Gasteiger charge is -2.26. The number of hydrogen-bond donors (Lipinski definition) is 2. The van der Waals surface area contributed by atoms with Gasteiger partial charge in [0.05, 0.1) is 22.2 Å². The molecule has 1 aliphatic heterocycles. The minimum atomic E-state index is -0.916. The van der Waals surface area contributed by atoms with Crippen LogP contribution in [0.25, 0.3) is 11.0 Å². The average molecular weight is 376 g/mol. The average Bonchev–Trinajstić information content (AvgIpc) is 3.19. The zero-order valence-electron chi connectivity index (χ0n) is 15.6. The minimum absolute atomic E-state index is 0.107. The monoisotopic (exact) mass is 376 g/mol. The Morgan fingerprint density at radius 2 is 1.64 bits per heavy atom. The van der Waals surface area contributed by atoms with Crippen LogP contribution in [0.3, 0.4) is 0 Å². The lowest BCUT2D eigenvalue weighted by Crippen LogP contribution is -2.48. The third kappa shape index (κ3) is 3.05. The minimum Gasteiger partial charge on any atom is -0.324 e. The maximum atomic E-state index is 13.0. The molecule has 7 heteroatoms. The van der Waals surface area contributed by atoms with E-state index < -0.39 is 23.8 Å². The number of hydrogen-bond acceptors (Lipinski definition) is 4. The molecule has 0 aliphatic carbocycles. The van der Waals surface area contributed by atoms with E-state index in [-0.39, 0.29) is 11.9 Å². The number of carbonyl (C=O) groups excluding carboxylic acids is 3. The van der Waals surface area contributed by atoms with E-state index in [1.165, 1.54) is 0 Å². The molecule has 3 aromatic rings. The predicted molar refractivity (Wildman–Crippen MR) is 105 cm³/mol. The summed E-state index contributed by atoms with van der Waals surface area (Å²) in [5.41, 5.74) is 2.17. The van der Waals surface area contributed by atoms with E-state index in [4.69, 9.17) is 0 Å². The van der Waals surface area contributed by atoms with Gasteiger partial charge in [-0.2, -0.15) is 0 Å². The summed E-state index contributed by atoms with van der Waals surface area (Å²) in [6.07, 6.45) is 0.359. The number of fused-ring (bicyclic) bond motifs is 2. The Balaban J connectivity index is 1.63. The van der Waals surface area contributed by atoms with Crippen LogP contribution < -0.4 is 5.32 Å². The van der Waals surface area contributed by atoms with Gasteiger partial charge in [0.1, 0.15) is 6.04 Å². The lowest BCUT2D eigenvalue weighted by molar-refractivity contribution is -0.120. The van der Waals surface area contributed by atoms with Crippen LogP contribution in [0.5, 0.6) is 0 Å². The third-order valence-electron chi connectivity index (χ3n) is 4.77. The van der Waals surface area contributed by atoms with Crippen LogP contribution in [0.2, 0.25) is 0 Å². The van der Waals surface area contributed by atoms with Crippen LogP contribution in [-0.2, 0) is 4.79 Å². The summed E-state index contributed by atoms with van der Waals surface area (Å²) < 4.78 is 0. The number of benzene rings is 2. The number of imide groups is 1. The number of nitrogens with zero attached hydrogens (tertiary/aromatic N) is 2. The summed E-state index contributed by atoms with van der Waals surface area (Å²) >= 11 is 0. The van der Waals surface area contributed by atoms with Gasteiger partial charge in [-0.05, 0) is 36.6 Å². The first-order valence-electron chi connectivity index (χ1n) is 9.18. The molecule has 0 saturated heterocycles. The molecule has 1 aromatic heterocycles. The van der Waals surface area contributed by atoms with Crippen molar-refractivity contribution in [1.82, 2.24) is 14.9 Å². The van der Waals surface area contributed by atoms with Crippen LogP contribution >= 0.6 is 0 Å². The first-order chi connectivity index (χ1) is 13.5. The number of anilines is 1. The Kier molecular flexibility index (Phi) is 4.43. The zero-order chi connectivity index (χ0) is 19.8. The van der Waals surface area contributed by atoms with Crippen LogP contribution in [0.4, 0.5) is 5.95 Å². The number of para-hydroxylation sites is 2. The van der Waals surface area contributed by atoms with Crippen molar-refractivity contribution >= 4 is 34.7 Å². The lowest BCUT2D eigenvalue weighted by atomic mass is 10.0. The Labute approximate surface area is 161 Å².